The van der Waals surface area contributed by atoms with Crippen molar-refractivity contribution in [1.82, 2.24) is 21.3 Å². The van der Waals surface area contributed by atoms with Crippen LogP contribution in [-0.2, 0) is 33.6 Å². The first-order valence-electron chi connectivity index (χ1n) is 13.2. The Bertz CT molecular complexity index is 1230. The third-order valence-electron chi connectivity index (χ3n) is 5.89. The summed E-state index contributed by atoms with van der Waals surface area (Å²) >= 11 is 5.90. The van der Waals surface area contributed by atoms with E-state index < -0.39 is 65.4 Å². The van der Waals surface area contributed by atoms with Crippen molar-refractivity contribution in [1.29, 1.82) is 0 Å². The van der Waals surface area contributed by atoms with Crippen molar-refractivity contribution >= 4 is 59.2 Å². The number of carboxylic acids is 2. The smallest absolute Gasteiger partial charge is 0.326 e. The van der Waals surface area contributed by atoms with Crippen molar-refractivity contribution in [2.45, 2.75) is 70.0 Å². The van der Waals surface area contributed by atoms with Gasteiger partial charge in [0.05, 0.1) is 11.4 Å². The van der Waals surface area contributed by atoms with E-state index in [0.29, 0.717) is 18.4 Å². The number of carbonyl (C=O) groups is 7. The molecule has 236 valence electrons. The van der Waals surface area contributed by atoms with Crippen LogP contribution in [0.5, 0.6) is 0 Å². The molecule has 0 aliphatic rings. The summed E-state index contributed by atoms with van der Waals surface area (Å²) in [6, 6.07) is -0.0645. The summed E-state index contributed by atoms with van der Waals surface area (Å²) in [7, 11) is 0. The molecular formula is C27H35ClFN5O9. The van der Waals surface area contributed by atoms with Gasteiger partial charge in [0.25, 0.3) is 0 Å². The molecule has 43 heavy (non-hydrogen) atoms. The van der Waals surface area contributed by atoms with E-state index in [9.17, 15) is 43.1 Å². The maximum atomic E-state index is 13.1. The van der Waals surface area contributed by atoms with Gasteiger partial charge in [0.2, 0.25) is 29.5 Å². The standard InChI is InChI=1S/C27H35ClFN5O9/c1-15(32-22(36)9-6-16-5-7-17(29)14-18(16)28)26(41)34-19(25(30)40)8-10-23(37)33-20(27(42)43)4-2-3-13-31-21(35)11-12-24(38)39/h5-7,9,14-15,19-20H,2-4,8,10-13H2,1H3,(H2,30,40)(H,31,35)(H,32,36)(H,33,37)(H,34,41)(H,38,39)(H,42,43)/b9-6+/t15-,19+,20?/m0/s1. The van der Waals surface area contributed by atoms with Gasteiger partial charge < -0.3 is 37.2 Å². The van der Waals surface area contributed by atoms with Crippen LogP contribution in [0.15, 0.2) is 24.3 Å². The molecule has 0 aromatic heterocycles. The number of aliphatic carboxylic acids is 2. The summed E-state index contributed by atoms with van der Waals surface area (Å²) in [6.07, 6.45) is 2.09. The van der Waals surface area contributed by atoms with Crippen molar-refractivity contribution in [3.05, 3.63) is 40.7 Å². The quantitative estimate of drug-likeness (QED) is 0.0832. The average Bonchev–Trinajstić information content (AvgIpc) is 2.92. The Morgan fingerprint density at radius 2 is 1.63 bits per heavy atom. The molecule has 1 rings (SSSR count). The molecular weight excluding hydrogens is 593 g/mol. The van der Waals surface area contributed by atoms with Crippen LogP contribution in [0.4, 0.5) is 4.39 Å². The number of nitrogens with two attached hydrogens (primary N) is 1. The number of hydrogen-bond acceptors (Lipinski definition) is 7. The van der Waals surface area contributed by atoms with Crippen LogP contribution in [-0.4, -0.2) is 76.4 Å². The molecule has 1 unspecified atom stereocenters. The molecule has 3 atom stereocenters. The number of rotatable bonds is 19. The summed E-state index contributed by atoms with van der Waals surface area (Å²) in [4.78, 5) is 82.4. The number of primary amides is 1. The van der Waals surface area contributed by atoms with E-state index in [1.807, 2.05) is 0 Å². The van der Waals surface area contributed by atoms with Gasteiger partial charge in [-0.15, -0.1) is 0 Å². The average molecular weight is 628 g/mol. The van der Waals surface area contributed by atoms with E-state index in [1.54, 1.807) is 0 Å². The van der Waals surface area contributed by atoms with Crippen molar-refractivity contribution in [3.8, 4) is 0 Å². The molecule has 0 fully saturated rings. The van der Waals surface area contributed by atoms with Gasteiger partial charge in [-0.1, -0.05) is 17.7 Å². The largest absolute Gasteiger partial charge is 0.481 e. The van der Waals surface area contributed by atoms with Crippen LogP contribution in [0, 0.1) is 5.82 Å². The van der Waals surface area contributed by atoms with Crippen molar-refractivity contribution in [2.24, 2.45) is 5.73 Å². The van der Waals surface area contributed by atoms with Gasteiger partial charge in [-0.25, -0.2) is 9.18 Å². The first-order valence-corrected chi connectivity index (χ1v) is 13.6. The highest BCUT2D eigenvalue weighted by atomic mass is 35.5. The molecule has 0 spiro atoms. The van der Waals surface area contributed by atoms with Crippen LogP contribution in [0.25, 0.3) is 6.08 Å². The molecule has 0 radical (unpaired) electrons. The van der Waals surface area contributed by atoms with Gasteiger partial charge in [0, 0.05) is 25.5 Å². The maximum absolute atomic E-state index is 13.1. The Morgan fingerprint density at radius 1 is 0.930 bits per heavy atom. The predicted octanol–water partition coefficient (Wildman–Crippen LogP) is 0.468. The maximum Gasteiger partial charge on any atom is 0.326 e. The number of benzene rings is 1. The summed E-state index contributed by atoms with van der Waals surface area (Å²) in [6.45, 7) is 1.55. The van der Waals surface area contributed by atoms with E-state index in [2.05, 4.69) is 21.3 Å². The molecule has 0 aliphatic heterocycles. The normalized spacial score (nSPS) is 12.9. The van der Waals surface area contributed by atoms with Crippen molar-refractivity contribution in [3.63, 3.8) is 0 Å². The molecule has 16 heteroatoms. The Kier molecular flexibility index (Phi) is 16.0. The third kappa shape index (κ3) is 15.3. The van der Waals surface area contributed by atoms with Crippen LogP contribution >= 0.6 is 11.6 Å². The molecule has 5 amide bonds. The molecule has 0 saturated heterocycles. The zero-order valence-electron chi connectivity index (χ0n) is 23.4. The number of nitrogens with one attached hydrogen (secondary N) is 4. The first-order chi connectivity index (χ1) is 20.2. The van der Waals surface area contributed by atoms with E-state index in [4.69, 9.17) is 22.4 Å². The van der Waals surface area contributed by atoms with Gasteiger partial charge in [-0.05, 0) is 56.4 Å². The lowest BCUT2D eigenvalue weighted by Gasteiger charge is -2.19. The van der Waals surface area contributed by atoms with Crippen LogP contribution in [0.1, 0.15) is 57.4 Å². The highest BCUT2D eigenvalue weighted by molar-refractivity contribution is 6.32. The van der Waals surface area contributed by atoms with E-state index in [0.717, 1.165) is 18.2 Å². The summed E-state index contributed by atoms with van der Waals surface area (Å²) in [5.74, 6) is -6.50. The number of halogens is 2. The zero-order valence-corrected chi connectivity index (χ0v) is 24.1. The van der Waals surface area contributed by atoms with Crippen LogP contribution in [0.3, 0.4) is 0 Å². The van der Waals surface area contributed by atoms with E-state index in [1.165, 1.54) is 19.1 Å². The van der Waals surface area contributed by atoms with Crippen LogP contribution < -0.4 is 27.0 Å². The minimum Gasteiger partial charge on any atom is -0.481 e. The second-order valence-electron chi connectivity index (χ2n) is 9.43. The lowest BCUT2D eigenvalue weighted by Crippen LogP contribution is -2.52. The van der Waals surface area contributed by atoms with E-state index in [-0.39, 0.29) is 43.7 Å². The predicted molar refractivity (Wildman–Crippen MR) is 152 cm³/mol. The Morgan fingerprint density at radius 3 is 2.23 bits per heavy atom. The summed E-state index contributed by atoms with van der Waals surface area (Å²) in [5.41, 5.74) is 5.70. The van der Waals surface area contributed by atoms with Gasteiger partial charge in [-0.3, -0.25) is 28.8 Å². The number of hydrogen-bond donors (Lipinski definition) is 7. The molecule has 8 N–H and O–H groups in total. The minimum atomic E-state index is -1.29. The monoisotopic (exact) mass is 627 g/mol. The highest BCUT2D eigenvalue weighted by Crippen LogP contribution is 2.18. The number of carboxylic acid groups (broad SMARTS) is 2. The Balaban J connectivity index is 2.51. The molecule has 1 aromatic carbocycles. The van der Waals surface area contributed by atoms with Crippen molar-refractivity contribution in [2.75, 3.05) is 6.54 Å². The second kappa shape index (κ2) is 18.8. The Labute approximate surface area is 251 Å². The fourth-order valence-electron chi connectivity index (χ4n) is 3.52. The van der Waals surface area contributed by atoms with Gasteiger partial charge in [0.15, 0.2) is 0 Å². The van der Waals surface area contributed by atoms with Gasteiger partial charge >= 0.3 is 11.9 Å². The van der Waals surface area contributed by atoms with Crippen LogP contribution in [0.2, 0.25) is 5.02 Å². The fraction of sp³-hybridized carbons (Fsp3) is 0.444. The molecule has 1 aromatic rings. The number of amides is 5. The summed E-state index contributed by atoms with van der Waals surface area (Å²) < 4.78 is 13.1. The SMILES string of the molecule is C[C@H](NC(=O)/C=C/c1ccc(F)cc1Cl)C(=O)N[C@H](CCC(=O)NC(CCCCNC(=O)CCC(=O)O)C(=O)O)C(N)=O. The Hall–Kier alpha value is -4.53. The molecule has 14 nitrogen and oxygen atoms in total. The number of carbonyl (C=O) groups excluding carboxylic acids is 5. The van der Waals surface area contributed by atoms with Gasteiger partial charge in [-0.2, -0.15) is 0 Å². The van der Waals surface area contributed by atoms with E-state index >= 15 is 0 Å². The summed E-state index contributed by atoms with van der Waals surface area (Å²) in [5, 5.41) is 27.6. The number of unbranched alkanes of at least 4 members (excludes halogenated alkanes) is 1. The molecule has 0 aliphatic carbocycles. The lowest BCUT2D eigenvalue weighted by molar-refractivity contribution is -0.142. The third-order valence-corrected chi connectivity index (χ3v) is 6.22. The molecule has 0 heterocycles. The topological polar surface area (TPSA) is 234 Å². The van der Waals surface area contributed by atoms with Gasteiger partial charge in [0.1, 0.15) is 23.9 Å². The van der Waals surface area contributed by atoms with Crippen molar-refractivity contribution < 1.29 is 48.2 Å². The highest BCUT2D eigenvalue weighted by Gasteiger charge is 2.25. The minimum absolute atomic E-state index is 0.0427. The second-order valence-corrected chi connectivity index (χ2v) is 9.84. The molecule has 0 saturated carbocycles. The zero-order chi connectivity index (χ0) is 32.5. The first kappa shape index (κ1) is 36.5. The lowest BCUT2D eigenvalue weighted by atomic mass is 10.1. The molecule has 0 bridgehead atoms. The fourth-order valence-corrected chi connectivity index (χ4v) is 3.75.